The van der Waals surface area contributed by atoms with E-state index >= 15 is 0 Å². The molecule has 1 aromatic heterocycles. The van der Waals surface area contributed by atoms with Crippen molar-refractivity contribution in [3.05, 3.63) is 144 Å². The number of hydrogen-bond donors (Lipinski definition) is 2. The van der Waals surface area contributed by atoms with Crippen molar-refractivity contribution in [2.45, 2.75) is 36.6 Å². The molecule has 3 heterocycles. The van der Waals surface area contributed by atoms with Gasteiger partial charge >= 0.3 is 6.03 Å². The predicted molar refractivity (Wildman–Crippen MR) is 200 cm³/mol. The van der Waals surface area contributed by atoms with E-state index in [1.54, 1.807) is 59.6 Å². The molecule has 2 aliphatic heterocycles. The topological polar surface area (TPSA) is 159 Å². The van der Waals surface area contributed by atoms with Crippen LogP contribution >= 0.6 is 0 Å². The van der Waals surface area contributed by atoms with Crippen LogP contribution in [0.4, 0.5) is 4.79 Å². The quantitative estimate of drug-likeness (QED) is 0.202. The minimum atomic E-state index is -4.16. The van der Waals surface area contributed by atoms with Gasteiger partial charge in [0.05, 0.1) is 29.1 Å². The number of amides is 4. The van der Waals surface area contributed by atoms with E-state index in [1.165, 1.54) is 45.3 Å². The van der Waals surface area contributed by atoms with Crippen molar-refractivity contribution >= 4 is 38.8 Å². The van der Waals surface area contributed by atoms with Crippen LogP contribution in [0, 0.1) is 11.3 Å². The highest BCUT2D eigenvalue weighted by Gasteiger charge is 2.51. The van der Waals surface area contributed by atoms with Crippen molar-refractivity contribution in [3.63, 3.8) is 0 Å². The third-order valence-corrected chi connectivity index (χ3v) is 11.4. The lowest BCUT2D eigenvalue weighted by Crippen LogP contribution is -2.76. The number of para-hydroxylation sites is 1. The smallest absolute Gasteiger partial charge is 0.334 e. The minimum absolute atomic E-state index is 0.0278. The second kappa shape index (κ2) is 14.9. The Kier molecular flexibility index (Phi) is 9.92. The molecular formula is C40H37N7O6S. The average molecular weight is 744 g/mol. The average Bonchev–Trinajstić information content (AvgIpc) is 3.58. The van der Waals surface area contributed by atoms with Crippen molar-refractivity contribution < 1.29 is 27.9 Å². The van der Waals surface area contributed by atoms with Crippen LogP contribution in [0.2, 0.25) is 0 Å². The zero-order valence-corrected chi connectivity index (χ0v) is 30.0. The number of aromatic hydroxyl groups is 1. The fraction of sp³-hybridized carbons (Fsp3) is 0.200. The summed E-state index contributed by atoms with van der Waals surface area (Å²) in [6.07, 6.45) is 2.01. The number of hydrazine groups is 1. The summed E-state index contributed by atoms with van der Waals surface area (Å²) in [5.74, 6) is -0.716. The molecule has 2 aliphatic rings. The van der Waals surface area contributed by atoms with Gasteiger partial charge in [0.15, 0.2) is 0 Å². The van der Waals surface area contributed by atoms with Crippen LogP contribution in [0.1, 0.15) is 22.3 Å². The number of piperazine rings is 1. The van der Waals surface area contributed by atoms with Gasteiger partial charge < -0.3 is 20.2 Å². The van der Waals surface area contributed by atoms with E-state index in [0.717, 1.165) is 9.54 Å². The molecule has 0 radical (unpaired) electrons. The van der Waals surface area contributed by atoms with Crippen LogP contribution in [0.25, 0.3) is 10.9 Å². The minimum Gasteiger partial charge on any atom is -0.508 e. The lowest BCUT2D eigenvalue weighted by Gasteiger charge is -2.55. The Morgan fingerprint density at radius 2 is 1.65 bits per heavy atom. The first-order chi connectivity index (χ1) is 26.1. The molecule has 4 amide bonds. The van der Waals surface area contributed by atoms with Crippen LogP contribution in [-0.2, 0) is 39.1 Å². The van der Waals surface area contributed by atoms with Gasteiger partial charge in [-0.2, -0.15) is 5.26 Å². The van der Waals surface area contributed by atoms with E-state index in [0.29, 0.717) is 16.5 Å². The molecule has 0 aliphatic carbocycles. The normalized spacial score (nSPS) is 17.6. The predicted octanol–water partition coefficient (Wildman–Crippen LogP) is 4.19. The fourth-order valence-corrected chi connectivity index (χ4v) is 8.62. The maximum absolute atomic E-state index is 14.7. The first kappa shape index (κ1) is 36.0. The van der Waals surface area contributed by atoms with Crippen LogP contribution in [0.15, 0.2) is 127 Å². The summed E-state index contributed by atoms with van der Waals surface area (Å²) in [5, 5.41) is 26.4. The molecule has 274 valence electrons. The molecule has 2 fully saturated rings. The zero-order chi connectivity index (χ0) is 38.0. The maximum Gasteiger partial charge on any atom is 0.334 e. The zero-order valence-electron chi connectivity index (χ0n) is 29.2. The third kappa shape index (κ3) is 6.78. The number of nitrogens with one attached hydrogen (secondary N) is 1. The van der Waals surface area contributed by atoms with Crippen LogP contribution in [-0.4, -0.2) is 87.0 Å². The molecule has 5 aromatic rings. The number of rotatable bonds is 10. The number of carbonyl (C=O) groups is 3. The summed E-state index contributed by atoms with van der Waals surface area (Å²) >= 11 is 0. The van der Waals surface area contributed by atoms with Crippen molar-refractivity contribution in [2.75, 3.05) is 19.6 Å². The van der Waals surface area contributed by atoms with E-state index < -0.39 is 34.2 Å². The number of fused-ring (bicyclic) bond motifs is 2. The van der Waals surface area contributed by atoms with E-state index in [-0.39, 0.29) is 66.8 Å². The van der Waals surface area contributed by atoms with Crippen LogP contribution in [0.3, 0.4) is 0 Å². The van der Waals surface area contributed by atoms with Crippen LogP contribution in [0.5, 0.6) is 5.75 Å². The lowest BCUT2D eigenvalue weighted by atomic mass is 9.98. The summed E-state index contributed by atoms with van der Waals surface area (Å²) in [6.45, 7) is 3.85. The summed E-state index contributed by atoms with van der Waals surface area (Å²) in [7, 11) is -4.16. The monoisotopic (exact) mass is 743 g/mol. The molecule has 4 aromatic carbocycles. The summed E-state index contributed by atoms with van der Waals surface area (Å²) in [5.41, 5.74) is 2.39. The first-order valence-corrected chi connectivity index (χ1v) is 18.7. The van der Waals surface area contributed by atoms with Gasteiger partial charge in [-0.25, -0.2) is 27.2 Å². The molecule has 2 atom stereocenters. The molecule has 14 heteroatoms. The highest BCUT2D eigenvalue weighted by Crippen LogP contribution is 2.33. The molecule has 7 rings (SSSR count). The van der Waals surface area contributed by atoms with Gasteiger partial charge in [-0.15, -0.1) is 6.58 Å². The molecular weight excluding hydrogens is 707 g/mol. The Morgan fingerprint density at radius 3 is 2.33 bits per heavy atom. The number of phenols is 1. The van der Waals surface area contributed by atoms with Gasteiger partial charge in [0, 0.05) is 37.6 Å². The van der Waals surface area contributed by atoms with Gasteiger partial charge in [-0.05, 0) is 41.0 Å². The second-order valence-corrected chi connectivity index (χ2v) is 14.9. The number of phenolic OH excluding ortho intramolecular Hbond substituents is 1. The van der Waals surface area contributed by atoms with Crippen molar-refractivity contribution in [3.8, 4) is 11.8 Å². The van der Waals surface area contributed by atoms with E-state index in [2.05, 4.69) is 18.0 Å². The Hall–Kier alpha value is -6.43. The summed E-state index contributed by atoms with van der Waals surface area (Å²) in [4.78, 5) is 45.8. The van der Waals surface area contributed by atoms with Gasteiger partial charge in [-0.3, -0.25) is 9.59 Å². The van der Waals surface area contributed by atoms with Gasteiger partial charge in [0.2, 0.25) is 11.8 Å². The largest absolute Gasteiger partial charge is 0.508 e. The standard InChI is InChI=1S/C40H37N7O6S/c1-2-20-44-27-37(49)46-35(21-28-16-18-32(48)19-17-28)39(50)43(26-36(46)47(44)40(51)42-23-29-10-5-3-6-11-29)24-30-12-9-15-34-31(22-41)25-45(38(30)34)54(52,53)33-13-7-4-8-14-33/h2-19,25,35-36,48H,1,20-21,23-24,26-27H2,(H,42,51). The second-order valence-electron chi connectivity index (χ2n) is 13.1. The summed E-state index contributed by atoms with van der Waals surface area (Å²) < 4.78 is 29.1. The first-order valence-electron chi connectivity index (χ1n) is 17.3. The van der Waals surface area contributed by atoms with E-state index in [4.69, 9.17) is 0 Å². The highest BCUT2D eigenvalue weighted by molar-refractivity contribution is 7.90. The molecule has 0 spiro atoms. The Bertz CT molecular complexity index is 2380. The number of nitriles is 1. The third-order valence-electron chi connectivity index (χ3n) is 9.69. The lowest BCUT2D eigenvalue weighted by molar-refractivity contribution is -0.189. The Labute approximate surface area is 312 Å². The number of urea groups is 1. The van der Waals surface area contributed by atoms with Gasteiger partial charge in [0.1, 0.15) is 24.0 Å². The summed E-state index contributed by atoms with van der Waals surface area (Å²) in [6, 6.07) is 29.2. The molecule has 2 saturated heterocycles. The molecule has 13 nitrogen and oxygen atoms in total. The maximum atomic E-state index is 14.7. The van der Waals surface area contributed by atoms with Crippen molar-refractivity contribution in [1.82, 2.24) is 29.1 Å². The van der Waals surface area contributed by atoms with Crippen LogP contribution < -0.4 is 5.32 Å². The molecule has 2 unspecified atom stereocenters. The Balaban J connectivity index is 1.31. The molecule has 2 N–H and O–H groups in total. The van der Waals surface area contributed by atoms with Gasteiger partial charge in [-0.1, -0.05) is 84.9 Å². The Morgan fingerprint density at radius 1 is 0.944 bits per heavy atom. The number of benzene rings is 4. The molecule has 54 heavy (non-hydrogen) atoms. The van der Waals surface area contributed by atoms with E-state index in [9.17, 15) is 33.2 Å². The number of hydrogen-bond acceptors (Lipinski definition) is 8. The number of nitrogens with zero attached hydrogens (tertiary/aromatic N) is 6. The van der Waals surface area contributed by atoms with Crippen molar-refractivity contribution in [1.29, 1.82) is 5.26 Å². The number of carbonyl (C=O) groups excluding carboxylic acids is 3. The van der Waals surface area contributed by atoms with Crippen molar-refractivity contribution in [2.24, 2.45) is 0 Å². The fourth-order valence-electron chi connectivity index (χ4n) is 7.19. The highest BCUT2D eigenvalue weighted by atomic mass is 32.2. The molecule has 0 saturated carbocycles. The SMILES string of the molecule is C=CCN1CC(=O)N2C(Cc3ccc(O)cc3)C(=O)N(Cc3cccc4c(C#N)cn(S(=O)(=O)c5ccccc5)c34)CC2N1C(=O)NCc1ccccc1. The number of aromatic nitrogens is 1. The van der Waals surface area contributed by atoms with E-state index in [1.807, 2.05) is 30.3 Å². The van der Waals surface area contributed by atoms with Gasteiger partial charge in [0.25, 0.3) is 10.0 Å². The molecule has 0 bridgehead atoms.